The first-order chi connectivity index (χ1) is 9.20. The van der Waals surface area contributed by atoms with Gasteiger partial charge >= 0.3 is 0 Å². The molecule has 2 rings (SSSR count). The van der Waals surface area contributed by atoms with Crippen molar-refractivity contribution in [2.75, 3.05) is 6.61 Å². The monoisotopic (exact) mass is 338 g/mol. The van der Waals surface area contributed by atoms with Crippen LogP contribution in [0.15, 0.2) is 46.9 Å². The lowest BCUT2D eigenvalue weighted by Gasteiger charge is -2.11. The van der Waals surface area contributed by atoms with Crippen molar-refractivity contribution in [2.45, 2.75) is 6.42 Å². The Bertz CT molecular complexity index is 570. The Labute approximate surface area is 125 Å². The van der Waals surface area contributed by atoms with Crippen LogP contribution in [0, 0.1) is 0 Å². The highest BCUT2D eigenvalue weighted by atomic mass is 79.9. The molecule has 0 N–H and O–H groups in total. The van der Waals surface area contributed by atoms with Gasteiger partial charge in [-0.05, 0) is 33.6 Å². The molecule has 0 unspecified atom stereocenters. The second-order valence-electron chi connectivity index (χ2n) is 4.01. The summed E-state index contributed by atoms with van der Waals surface area (Å²) in [5.41, 5.74) is 1.65. The summed E-state index contributed by atoms with van der Waals surface area (Å²) >= 11 is 9.24. The van der Waals surface area contributed by atoms with Crippen LogP contribution in [-0.4, -0.2) is 12.9 Å². The van der Waals surface area contributed by atoms with Crippen LogP contribution in [0.5, 0.6) is 5.75 Å². The molecular weight excluding hydrogens is 328 g/mol. The van der Waals surface area contributed by atoms with Crippen molar-refractivity contribution >= 4 is 33.8 Å². The van der Waals surface area contributed by atoms with Gasteiger partial charge in [-0.1, -0.05) is 41.9 Å². The summed E-state index contributed by atoms with van der Waals surface area (Å²) in [5.74, 6) is 0.537. The number of hydrogen-bond acceptors (Lipinski definition) is 2. The van der Waals surface area contributed by atoms with Crippen LogP contribution in [0.4, 0.5) is 0 Å². The van der Waals surface area contributed by atoms with E-state index in [9.17, 15) is 4.79 Å². The minimum Gasteiger partial charge on any atom is -0.491 e. The Balaban J connectivity index is 2.05. The van der Waals surface area contributed by atoms with Gasteiger partial charge in [0.15, 0.2) is 6.29 Å². The predicted molar refractivity (Wildman–Crippen MR) is 80.2 cm³/mol. The molecule has 0 bridgehead atoms. The smallest absolute Gasteiger partial charge is 0.153 e. The summed E-state index contributed by atoms with van der Waals surface area (Å²) in [4.78, 5) is 11.0. The molecule has 0 atom stereocenters. The standard InChI is InChI=1S/C15H12BrClO2/c16-14-9-13(17)8-12(10-18)15(14)19-7-6-11-4-2-1-3-5-11/h1-5,8-10H,6-7H2. The second kappa shape index (κ2) is 6.73. The van der Waals surface area contributed by atoms with E-state index in [1.165, 1.54) is 5.56 Å². The zero-order valence-electron chi connectivity index (χ0n) is 10.1. The third-order valence-electron chi connectivity index (χ3n) is 2.64. The van der Waals surface area contributed by atoms with E-state index in [0.29, 0.717) is 27.4 Å². The first-order valence-electron chi connectivity index (χ1n) is 5.81. The number of rotatable bonds is 5. The molecule has 2 aromatic carbocycles. The molecule has 0 saturated heterocycles. The van der Waals surface area contributed by atoms with Gasteiger partial charge in [0.25, 0.3) is 0 Å². The Hall–Kier alpha value is -1.32. The van der Waals surface area contributed by atoms with Gasteiger partial charge in [-0.25, -0.2) is 0 Å². The van der Waals surface area contributed by atoms with Crippen LogP contribution in [0.25, 0.3) is 0 Å². The summed E-state index contributed by atoms with van der Waals surface area (Å²) in [6.07, 6.45) is 1.53. The fraction of sp³-hybridized carbons (Fsp3) is 0.133. The maximum absolute atomic E-state index is 11.0. The fourth-order valence-electron chi connectivity index (χ4n) is 1.74. The van der Waals surface area contributed by atoms with Gasteiger partial charge in [0.05, 0.1) is 16.6 Å². The van der Waals surface area contributed by atoms with Crippen molar-refractivity contribution in [3.05, 3.63) is 63.1 Å². The fourth-order valence-corrected chi connectivity index (χ4v) is 2.68. The molecule has 98 valence electrons. The van der Waals surface area contributed by atoms with Gasteiger partial charge < -0.3 is 4.74 Å². The average Bonchev–Trinajstić information content (AvgIpc) is 2.42. The summed E-state index contributed by atoms with van der Waals surface area (Å²) in [7, 11) is 0. The number of hydrogen-bond donors (Lipinski definition) is 0. The molecule has 0 saturated carbocycles. The second-order valence-corrected chi connectivity index (χ2v) is 5.30. The molecule has 0 aliphatic carbocycles. The minimum absolute atomic E-state index is 0.451. The lowest BCUT2D eigenvalue weighted by atomic mass is 10.2. The van der Waals surface area contributed by atoms with E-state index in [2.05, 4.69) is 15.9 Å². The van der Waals surface area contributed by atoms with Crippen LogP contribution >= 0.6 is 27.5 Å². The van der Waals surface area contributed by atoms with Crippen molar-refractivity contribution in [1.82, 2.24) is 0 Å². The highest BCUT2D eigenvalue weighted by Crippen LogP contribution is 2.31. The summed E-state index contributed by atoms with van der Waals surface area (Å²) in [6, 6.07) is 13.4. The van der Waals surface area contributed by atoms with Gasteiger partial charge in [0.2, 0.25) is 0 Å². The normalized spacial score (nSPS) is 10.2. The van der Waals surface area contributed by atoms with Crippen LogP contribution in [0.3, 0.4) is 0 Å². The van der Waals surface area contributed by atoms with E-state index in [0.717, 1.165) is 12.7 Å². The van der Waals surface area contributed by atoms with Crippen molar-refractivity contribution in [3.8, 4) is 5.75 Å². The maximum atomic E-state index is 11.0. The van der Waals surface area contributed by atoms with E-state index in [-0.39, 0.29) is 0 Å². The van der Waals surface area contributed by atoms with Gasteiger partial charge in [0.1, 0.15) is 5.75 Å². The van der Waals surface area contributed by atoms with Crippen LogP contribution in [0.2, 0.25) is 5.02 Å². The van der Waals surface area contributed by atoms with Gasteiger partial charge in [0, 0.05) is 11.4 Å². The number of benzene rings is 2. The van der Waals surface area contributed by atoms with Crippen molar-refractivity contribution in [1.29, 1.82) is 0 Å². The number of halogens is 2. The molecule has 0 fully saturated rings. The zero-order chi connectivity index (χ0) is 13.7. The molecule has 0 aliphatic rings. The zero-order valence-corrected chi connectivity index (χ0v) is 12.4. The largest absolute Gasteiger partial charge is 0.491 e. The molecule has 0 radical (unpaired) electrons. The Morgan fingerprint density at radius 3 is 2.63 bits per heavy atom. The topological polar surface area (TPSA) is 26.3 Å². The molecular formula is C15H12BrClO2. The van der Waals surface area contributed by atoms with Gasteiger partial charge in [-0.2, -0.15) is 0 Å². The molecule has 0 spiro atoms. The molecule has 19 heavy (non-hydrogen) atoms. The number of ether oxygens (including phenoxy) is 1. The molecule has 2 nitrogen and oxygen atoms in total. The highest BCUT2D eigenvalue weighted by Gasteiger charge is 2.09. The van der Waals surface area contributed by atoms with E-state index in [1.54, 1.807) is 12.1 Å². The predicted octanol–water partition coefficient (Wildman–Crippen LogP) is 4.54. The quantitative estimate of drug-likeness (QED) is 0.748. The molecule has 0 heterocycles. The third-order valence-corrected chi connectivity index (χ3v) is 3.45. The molecule has 0 amide bonds. The van der Waals surface area contributed by atoms with E-state index in [1.807, 2.05) is 30.3 Å². The van der Waals surface area contributed by atoms with Crippen LogP contribution in [-0.2, 0) is 6.42 Å². The van der Waals surface area contributed by atoms with Crippen molar-refractivity contribution in [3.63, 3.8) is 0 Å². The summed E-state index contributed by atoms with van der Waals surface area (Å²) < 4.78 is 6.37. The summed E-state index contributed by atoms with van der Waals surface area (Å²) in [6.45, 7) is 0.505. The Morgan fingerprint density at radius 2 is 1.95 bits per heavy atom. The minimum atomic E-state index is 0.451. The molecule has 0 aromatic heterocycles. The van der Waals surface area contributed by atoms with Crippen LogP contribution in [0.1, 0.15) is 15.9 Å². The molecule has 4 heteroatoms. The Kier molecular flexibility index (Phi) is 5.00. The van der Waals surface area contributed by atoms with Gasteiger partial charge in [-0.15, -0.1) is 0 Å². The maximum Gasteiger partial charge on any atom is 0.153 e. The van der Waals surface area contributed by atoms with E-state index >= 15 is 0 Å². The van der Waals surface area contributed by atoms with Crippen molar-refractivity contribution in [2.24, 2.45) is 0 Å². The lowest BCUT2D eigenvalue weighted by molar-refractivity contribution is 0.111. The van der Waals surface area contributed by atoms with E-state index in [4.69, 9.17) is 16.3 Å². The average molecular weight is 340 g/mol. The van der Waals surface area contributed by atoms with Crippen LogP contribution < -0.4 is 4.74 Å². The van der Waals surface area contributed by atoms with Crippen molar-refractivity contribution < 1.29 is 9.53 Å². The molecule has 0 aliphatic heterocycles. The molecule has 2 aromatic rings. The lowest BCUT2D eigenvalue weighted by Crippen LogP contribution is -2.04. The number of carbonyl (C=O) groups is 1. The van der Waals surface area contributed by atoms with E-state index < -0.39 is 0 Å². The summed E-state index contributed by atoms with van der Waals surface area (Å²) in [5, 5.41) is 0.504. The number of carbonyl (C=O) groups excluding carboxylic acids is 1. The Morgan fingerprint density at radius 1 is 1.21 bits per heavy atom. The third kappa shape index (κ3) is 3.82. The number of aldehydes is 1. The first kappa shape index (κ1) is 14.1. The SMILES string of the molecule is O=Cc1cc(Cl)cc(Br)c1OCCc1ccccc1. The highest BCUT2D eigenvalue weighted by molar-refractivity contribution is 9.10. The first-order valence-corrected chi connectivity index (χ1v) is 6.99. The van der Waals surface area contributed by atoms with Gasteiger partial charge in [-0.3, -0.25) is 4.79 Å².